The van der Waals surface area contributed by atoms with E-state index in [2.05, 4.69) is 0 Å². The smallest absolute Gasteiger partial charge is 0.258 e. The molecule has 0 unspecified atom stereocenters. The summed E-state index contributed by atoms with van der Waals surface area (Å²) in [5.41, 5.74) is 1.94. The molecule has 27 heavy (non-hydrogen) atoms. The van der Waals surface area contributed by atoms with Gasteiger partial charge >= 0.3 is 0 Å². The fourth-order valence-corrected chi connectivity index (χ4v) is 4.15. The van der Waals surface area contributed by atoms with Gasteiger partial charge < -0.3 is 23.8 Å². The first-order chi connectivity index (χ1) is 13.2. The standard InChI is InChI=1S/C21H21NO5/c1-24-16-9-7-15(8-10-16)22-18-17-12-26-21(27-17,13-25-19(18)20(22)23)11-14-5-3-2-4-6-14/h2-10,17-19H,11-13H2,1H3/t17-,18+,19-,21-/m1/s1. The fourth-order valence-electron chi connectivity index (χ4n) is 4.15. The summed E-state index contributed by atoms with van der Waals surface area (Å²) in [7, 11) is 1.62. The third-order valence-corrected chi connectivity index (χ3v) is 5.50. The van der Waals surface area contributed by atoms with E-state index in [9.17, 15) is 4.79 Å². The molecule has 0 spiro atoms. The Balaban J connectivity index is 1.38. The minimum atomic E-state index is -0.824. The lowest BCUT2D eigenvalue weighted by Crippen LogP contribution is -2.70. The number of benzene rings is 2. The third-order valence-electron chi connectivity index (χ3n) is 5.50. The topological polar surface area (TPSA) is 57.2 Å². The van der Waals surface area contributed by atoms with Crippen LogP contribution in [0, 0.1) is 0 Å². The highest BCUT2D eigenvalue weighted by atomic mass is 16.8. The van der Waals surface area contributed by atoms with E-state index in [4.69, 9.17) is 18.9 Å². The van der Waals surface area contributed by atoms with Crippen molar-refractivity contribution in [1.82, 2.24) is 0 Å². The quantitative estimate of drug-likeness (QED) is 0.775. The van der Waals surface area contributed by atoms with Gasteiger partial charge in [0.05, 0.1) is 13.7 Å². The third kappa shape index (κ3) is 2.72. The summed E-state index contributed by atoms with van der Waals surface area (Å²) >= 11 is 0. The van der Waals surface area contributed by atoms with Gasteiger partial charge in [-0.2, -0.15) is 0 Å². The molecule has 3 heterocycles. The summed E-state index contributed by atoms with van der Waals surface area (Å²) in [4.78, 5) is 14.5. The van der Waals surface area contributed by atoms with Crippen molar-refractivity contribution in [2.45, 2.75) is 30.5 Å². The van der Waals surface area contributed by atoms with Gasteiger partial charge in [-0.05, 0) is 29.8 Å². The zero-order valence-corrected chi connectivity index (χ0v) is 15.0. The number of rotatable bonds is 4. The molecular formula is C21H21NO5. The maximum atomic E-state index is 12.7. The Morgan fingerprint density at radius 2 is 1.93 bits per heavy atom. The van der Waals surface area contributed by atoms with Crippen LogP contribution >= 0.6 is 0 Å². The number of ether oxygens (including phenoxy) is 4. The van der Waals surface area contributed by atoms with E-state index in [-0.39, 0.29) is 24.7 Å². The van der Waals surface area contributed by atoms with Gasteiger partial charge in [-0.25, -0.2) is 0 Å². The molecule has 3 aliphatic heterocycles. The van der Waals surface area contributed by atoms with E-state index in [0.29, 0.717) is 13.0 Å². The molecule has 0 aromatic heterocycles. The SMILES string of the molecule is COc1ccc(N2C(=O)[C@@H]3OC[C@]4(Cc5ccccc5)OC[C@@H](O4)[C@@H]32)cc1. The molecule has 1 amide bonds. The van der Waals surface area contributed by atoms with Crippen molar-refractivity contribution in [2.24, 2.45) is 0 Å². The molecule has 3 aliphatic rings. The normalized spacial score (nSPS) is 31.8. The van der Waals surface area contributed by atoms with Crippen LogP contribution in [0.3, 0.4) is 0 Å². The highest BCUT2D eigenvalue weighted by molar-refractivity contribution is 6.05. The van der Waals surface area contributed by atoms with Crippen LogP contribution in [0.1, 0.15) is 5.56 Å². The van der Waals surface area contributed by atoms with Crippen LogP contribution in [0.4, 0.5) is 5.69 Å². The first-order valence-corrected chi connectivity index (χ1v) is 9.14. The number of hydrogen-bond acceptors (Lipinski definition) is 5. The zero-order chi connectivity index (χ0) is 18.4. The van der Waals surface area contributed by atoms with Crippen molar-refractivity contribution >= 4 is 11.6 Å². The van der Waals surface area contributed by atoms with Crippen LogP contribution in [0.2, 0.25) is 0 Å². The Bertz CT molecular complexity index is 839. The van der Waals surface area contributed by atoms with Crippen molar-refractivity contribution in [1.29, 1.82) is 0 Å². The number of nitrogens with zero attached hydrogens (tertiary/aromatic N) is 1. The summed E-state index contributed by atoms with van der Waals surface area (Å²) in [5.74, 6) is -0.103. The molecule has 0 saturated carbocycles. The first-order valence-electron chi connectivity index (χ1n) is 9.14. The lowest BCUT2D eigenvalue weighted by Gasteiger charge is -2.47. The van der Waals surface area contributed by atoms with Crippen LogP contribution in [0.5, 0.6) is 5.75 Å². The van der Waals surface area contributed by atoms with Crippen LogP contribution in [-0.2, 0) is 25.4 Å². The Morgan fingerprint density at radius 1 is 1.15 bits per heavy atom. The Hall–Kier alpha value is -2.41. The van der Waals surface area contributed by atoms with Gasteiger partial charge in [0.15, 0.2) is 11.9 Å². The van der Waals surface area contributed by atoms with E-state index in [0.717, 1.165) is 17.0 Å². The molecule has 2 bridgehead atoms. The van der Waals surface area contributed by atoms with Crippen molar-refractivity contribution in [3.8, 4) is 5.75 Å². The molecule has 2 aromatic rings. The molecule has 0 radical (unpaired) electrons. The molecule has 6 nitrogen and oxygen atoms in total. The summed E-state index contributed by atoms with van der Waals surface area (Å²) in [6.45, 7) is 0.707. The van der Waals surface area contributed by atoms with Crippen LogP contribution < -0.4 is 9.64 Å². The van der Waals surface area contributed by atoms with Crippen LogP contribution in [-0.4, -0.2) is 50.3 Å². The molecule has 0 N–H and O–H groups in total. The van der Waals surface area contributed by atoms with Gasteiger partial charge in [0.1, 0.15) is 24.5 Å². The van der Waals surface area contributed by atoms with E-state index >= 15 is 0 Å². The zero-order valence-electron chi connectivity index (χ0n) is 15.0. The first kappa shape index (κ1) is 16.7. The molecule has 0 aliphatic carbocycles. The largest absolute Gasteiger partial charge is 0.497 e. The predicted molar refractivity (Wildman–Crippen MR) is 97.7 cm³/mol. The van der Waals surface area contributed by atoms with Crippen molar-refractivity contribution in [2.75, 3.05) is 25.2 Å². The minimum Gasteiger partial charge on any atom is -0.497 e. The predicted octanol–water partition coefficient (Wildman–Crippen LogP) is 2.16. The monoisotopic (exact) mass is 367 g/mol. The molecule has 3 fully saturated rings. The van der Waals surface area contributed by atoms with Gasteiger partial charge in [0.25, 0.3) is 5.91 Å². The van der Waals surface area contributed by atoms with Gasteiger partial charge in [-0.3, -0.25) is 4.79 Å². The lowest BCUT2D eigenvalue weighted by atomic mass is 9.91. The Labute approximate surface area is 157 Å². The number of β-lactam (4-membered cyclic amide) rings is 1. The van der Waals surface area contributed by atoms with Crippen molar-refractivity contribution < 1.29 is 23.7 Å². The average molecular weight is 367 g/mol. The number of fused-ring (bicyclic) bond motifs is 4. The molecule has 6 heteroatoms. The fraction of sp³-hybridized carbons (Fsp3) is 0.381. The van der Waals surface area contributed by atoms with E-state index in [1.807, 2.05) is 54.6 Å². The van der Waals surface area contributed by atoms with Crippen LogP contribution in [0.15, 0.2) is 54.6 Å². The number of anilines is 1. The highest BCUT2D eigenvalue weighted by Gasteiger charge is 2.60. The minimum absolute atomic E-state index is 0.0313. The second kappa shape index (κ2) is 6.34. The Kier molecular flexibility index (Phi) is 3.93. The molecule has 140 valence electrons. The summed E-state index contributed by atoms with van der Waals surface area (Å²) in [5, 5.41) is 0. The van der Waals surface area contributed by atoms with Gasteiger partial charge in [-0.1, -0.05) is 30.3 Å². The van der Waals surface area contributed by atoms with Crippen molar-refractivity contribution in [3.63, 3.8) is 0 Å². The second-order valence-corrected chi connectivity index (χ2v) is 7.17. The molecule has 3 saturated heterocycles. The number of amides is 1. The second-order valence-electron chi connectivity index (χ2n) is 7.17. The maximum absolute atomic E-state index is 12.7. The highest BCUT2D eigenvalue weighted by Crippen LogP contribution is 2.42. The number of carbonyl (C=O) groups excluding carboxylic acids is 1. The van der Waals surface area contributed by atoms with Gasteiger partial charge in [0.2, 0.25) is 0 Å². The molecule has 5 rings (SSSR count). The molecule has 2 aromatic carbocycles. The molecule has 4 atom stereocenters. The number of hydrogen-bond donors (Lipinski definition) is 0. The number of carbonyl (C=O) groups is 1. The van der Waals surface area contributed by atoms with E-state index < -0.39 is 11.9 Å². The summed E-state index contributed by atoms with van der Waals surface area (Å²) in [6, 6.07) is 17.3. The van der Waals surface area contributed by atoms with E-state index in [1.165, 1.54) is 0 Å². The van der Waals surface area contributed by atoms with Crippen molar-refractivity contribution in [3.05, 3.63) is 60.2 Å². The van der Waals surface area contributed by atoms with Crippen LogP contribution in [0.25, 0.3) is 0 Å². The van der Waals surface area contributed by atoms with Gasteiger partial charge in [0, 0.05) is 12.1 Å². The lowest BCUT2D eigenvalue weighted by molar-refractivity contribution is -0.193. The maximum Gasteiger partial charge on any atom is 0.258 e. The Morgan fingerprint density at radius 3 is 2.67 bits per heavy atom. The van der Waals surface area contributed by atoms with E-state index in [1.54, 1.807) is 12.0 Å². The molecular weight excluding hydrogens is 346 g/mol. The summed E-state index contributed by atoms with van der Waals surface area (Å²) in [6.07, 6.45) is -0.0831. The average Bonchev–Trinajstić information content (AvgIpc) is 3.04. The number of methoxy groups -OCH3 is 1. The van der Waals surface area contributed by atoms with Gasteiger partial charge in [-0.15, -0.1) is 0 Å². The summed E-state index contributed by atoms with van der Waals surface area (Å²) < 4.78 is 23.5.